The van der Waals surface area contributed by atoms with Gasteiger partial charge in [-0.05, 0) is 32.4 Å². The molecule has 0 fully saturated rings. The zero-order valence-electron chi connectivity index (χ0n) is 13.2. The second kappa shape index (κ2) is 7.48. The lowest BCUT2D eigenvalue weighted by molar-refractivity contribution is 1.12. The van der Waals surface area contributed by atoms with E-state index in [1.165, 1.54) is 11.1 Å². The fraction of sp³-hybridized carbons (Fsp3) is 0.375. The van der Waals surface area contributed by atoms with Crippen LogP contribution in [0.2, 0.25) is 0 Å². The fourth-order valence-corrected chi connectivity index (χ4v) is 1.83. The Kier molecular flexibility index (Phi) is 5.97. The molecule has 0 unspecified atom stereocenters. The van der Waals surface area contributed by atoms with Crippen molar-refractivity contribution in [3.05, 3.63) is 41.1 Å². The van der Waals surface area contributed by atoms with Gasteiger partial charge in [0.2, 0.25) is 5.95 Å². The van der Waals surface area contributed by atoms with Crippen molar-refractivity contribution in [2.24, 2.45) is 0 Å². The minimum atomic E-state index is 0.608. The molecular weight excluding hydrogens is 248 g/mol. The third-order valence-electron chi connectivity index (χ3n) is 2.84. The molecule has 2 aromatic rings. The second-order valence-electron chi connectivity index (χ2n) is 4.42. The number of nitrogens with one attached hydrogen (secondary N) is 2. The molecule has 0 saturated heterocycles. The van der Waals surface area contributed by atoms with E-state index in [1.807, 2.05) is 40.1 Å². The smallest absolute Gasteiger partial charge is 0.229 e. The predicted molar refractivity (Wildman–Crippen MR) is 86.9 cm³/mol. The maximum Gasteiger partial charge on any atom is 0.229 e. The SMILES string of the molecule is CC.CNc1nc(Nc2ccc(C)cc2C)ncc1C. The summed E-state index contributed by atoms with van der Waals surface area (Å²) in [6.45, 7) is 10.1. The first kappa shape index (κ1) is 16.0. The number of rotatable bonds is 3. The van der Waals surface area contributed by atoms with E-state index in [1.54, 1.807) is 0 Å². The lowest BCUT2D eigenvalue weighted by atomic mass is 10.1. The van der Waals surface area contributed by atoms with E-state index in [0.717, 1.165) is 17.1 Å². The summed E-state index contributed by atoms with van der Waals surface area (Å²) in [7, 11) is 1.86. The molecule has 0 bridgehead atoms. The van der Waals surface area contributed by atoms with Gasteiger partial charge >= 0.3 is 0 Å². The highest BCUT2D eigenvalue weighted by molar-refractivity contribution is 5.60. The molecule has 2 N–H and O–H groups in total. The highest BCUT2D eigenvalue weighted by Gasteiger charge is 2.04. The monoisotopic (exact) mass is 272 g/mol. The second-order valence-corrected chi connectivity index (χ2v) is 4.42. The van der Waals surface area contributed by atoms with Gasteiger partial charge in [-0.15, -0.1) is 0 Å². The lowest BCUT2D eigenvalue weighted by Gasteiger charge is -2.10. The number of aryl methyl sites for hydroxylation is 3. The number of hydrogen-bond acceptors (Lipinski definition) is 4. The molecule has 0 aliphatic carbocycles. The zero-order chi connectivity index (χ0) is 15.1. The Balaban J connectivity index is 0.000000956. The molecule has 0 saturated carbocycles. The Hall–Kier alpha value is -2.10. The Morgan fingerprint density at radius 3 is 2.30 bits per heavy atom. The van der Waals surface area contributed by atoms with Crippen molar-refractivity contribution in [1.29, 1.82) is 0 Å². The molecule has 4 heteroatoms. The van der Waals surface area contributed by atoms with Gasteiger partial charge in [-0.25, -0.2) is 4.98 Å². The Morgan fingerprint density at radius 2 is 1.70 bits per heavy atom. The van der Waals surface area contributed by atoms with Crippen LogP contribution in [0, 0.1) is 20.8 Å². The summed E-state index contributed by atoms with van der Waals surface area (Å²) in [5.74, 6) is 1.45. The Bertz CT molecular complexity index is 564. The minimum absolute atomic E-state index is 0.608. The number of benzene rings is 1. The molecule has 2 rings (SSSR count). The molecule has 4 nitrogen and oxygen atoms in total. The molecule has 0 radical (unpaired) electrons. The number of hydrogen-bond donors (Lipinski definition) is 2. The average Bonchev–Trinajstić information content (AvgIpc) is 2.46. The van der Waals surface area contributed by atoms with Gasteiger partial charge in [0.1, 0.15) is 5.82 Å². The van der Waals surface area contributed by atoms with Crippen LogP contribution in [0.5, 0.6) is 0 Å². The van der Waals surface area contributed by atoms with Crippen molar-refractivity contribution in [1.82, 2.24) is 9.97 Å². The van der Waals surface area contributed by atoms with E-state index >= 15 is 0 Å². The molecular formula is C16H24N4. The van der Waals surface area contributed by atoms with Gasteiger partial charge in [-0.3, -0.25) is 0 Å². The van der Waals surface area contributed by atoms with Gasteiger partial charge in [0.25, 0.3) is 0 Å². The third-order valence-corrected chi connectivity index (χ3v) is 2.84. The van der Waals surface area contributed by atoms with Gasteiger partial charge in [0.05, 0.1) is 0 Å². The fourth-order valence-electron chi connectivity index (χ4n) is 1.83. The number of nitrogens with zero attached hydrogens (tertiary/aromatic N) is 2. The van der Waals surface area contributed by atoms with Crippen LogP contribution in [-0.2, 0) is 0 Å². The summed E-state index contributed by atoms with van der Waals surface area (Å²) in [4.78, 5) is 8.70. The zero-order valence-corrected chi connectivity index (χ0v) is 13.2. The quantitative estimate of drug-likeness (QED) is 0.878. The minimum Gasteiger partial charge on any atom is -0.373 e. The molecule has 1 aromatic heterocycles. The van der Waals surface area contributed by atoms with Crippen LogP contribution in [0.25, 0.3) is 0 Å². The summed E-state index contributed by atoms with van der Waals surface area (Å²) in [6, 6.07) is 6.25. The van der Waals surface area contributed by atoms with Crippen molar-refractivity contribution in [3.8, 4) is 0 Å². The molecule has 1 aromatic carbocycles. The van der Waals surface area contributed by atoms with Crippen molar-refractivity contribution >= 4 is 17.5 Å². The normalized spacial score (nSPS) is 9.50. The molecule has 1 heterocycles. The van der Waals surface area contributed by atoms with Crippen LogP contribution < -0.4 is 10.6 Å². The highest BCUT2D eigenvalue weighted by atomic mass is 15.1. The molecule has 0 aliphatic heterocycles. The average molecular weight is 272 g/mol. The molecule has 0 amide bonds. The first-order valence-corrected chi connectivity index (χ1v) is 6.96. The first-order valence-electron chi connectivity index (χ1n) is 6.96. The topological polar surface area (TPSA) is 49.8 Å². The summed E-state index contributed by atoms with van der Waals surface area (Å²) in [5.41, 5.74) is 4.50. The van der Waals surface area contributed by atoms with Crippen molar-refractivity contribution in [2.75, 3.05) is 17.7 Å². The standard InChI is InChI=1S/C14H18N4.C2H6/c1-9-5-6-12(10(2)7-9)17-14-16-8-11(3)13(15-4)18-14;1-2/h5-8H,1-4H3,(H2,15,16,17,18);1-2H3. The van der Waals surface area contributed by atoms with E-state index in [0.29, 0.717) is 5.95 Å². The lowest BCUT2D eigenvalue weighted by Crippen LogP contribution is -2.03. The number of aromatic nitrogens is 2. The third kappa shape index (κ3) is 3.95. The van der Waals surface area contributed by atoms with Crippen molar-refractivity contribution < 1.29 is 0 Å². The Labute approximate surface area is 121 Å². The predicted octanol–water partition coefficient (Wildman–Crippen LogP) is 4.21. The van der Waals surface area contributed by atoms with Gasteiger partial charge in [-0.2, -0.15) is 4.98 Å². The molecule has 0 spiro atoms. The van der Waals surface area contributed by atoms with Gasteiger partial charge in [0, 0.05) is 24.5 Å². The summed E-state index contributed by atoms with van der Waals surface area (Å²) in [5, 5.41) is 6.29. The highest BCUT2D eigenvalue weighted by Crippen LogP contribution is 2.20. The van der Waals surface area contributed by atoms with E-state index < -0.39 is 0 Å². The van der Waals surface area contributed by atoms with Crippen molar-refractivity contribution in [2.45, 2.75) is 34.6 Å². The van der Waals surface area contributed by atoms with Crippen LogP contribution in [0.3, 0.4) is 0 Å². The first-order chi connectivity index (χ1) is 9.60. The van der Waals surface area contributed by atoms with Crippen LogP contribution in [0.4, 0.5) is 17.5 Å². The Morgan fingerprint density at radius 1 is 1.00 bits per heavy atom. The molecule has 0 atom stereocenters. The maximum absolute atomic E-state index is 4.42. The maximum atomic E-state index is 4.42. The summed E-state index contributed by atoms with van der Waals surface area (Å²) in [6.07, 6.45) is 1.81. The van der Waals surface area contributed by atoms with Gasteiger partial charge < -0.3 is 10.6 Å². The van der Waals surface area contributed by atoms with E-state index in [2.05, 4.69) is 46.6 Å². The number of anilines is 3. The largest absolute Gasteiger partial charge is 0.373 e. The van der Waals surface area contributed by atoms with E-state index in [9.17, 15) is 0 Å². The van der Waals surface area contributed by atoms with Crippen LogP contribution >= 0.6 is 0 Å². The summed E-state index contributed by atoms with van der Waals surface area (Å²) < 4.78 is 0. The van der Waals surface area contributed by atoms with Crippen LogP contribution in [0.1, 0.15) is 30.5 Å². The van der Waals surface area contributed by atoms with Crippen LogP contribution in [0.15, 0.2) is 24.4 Å². The summed E-state index contributed by atoms with van der Waals surface area (Å²) >= 11 is 0. The van der Waals surface area contributed by atoms with E-state index in [-0.39, 0.29) is 0 Å². The molecule has 20 heavy (non-hydrogen) atoms. The van der Waals surface area contributed by atoms with E-state index in [4.69, 9.17) is 0 Å². The molecule has 108 valence electrons. The molecule has 0 aliphatic rings. The van der Waals surface area contributed by atoms with Gasteiger partial charge in [-0.1, -0.05) is 31.5 Å². The van der Waals surface area contributed by atoms with Gasteiger partial charge in [0.15, 0.2) is 0 Å². The van der Waals surface area contributed by atoms with Crippen molar-refractivity contribution in [3.63, 3.8) is 0 Å². The van der Waals surface area contributed by atoms with Crippen LogP contribution in [-0.4, -0.2) is 17.0 Å².